The molecule has 4 nitrogen and oxygen atoms in total. The first-order valence-electron chi connectivity index (χ1n) is 6.21. The molecule has 0 aliphatic carbocycles. The summed E-state index contributed by atoms with van der Waals surface area (Å²) in [5.74, 6) is 0. The Labute approximate surface area is 125 Å². The van der Waals surface area contributed by atoms with E-state index in [-0.39, 0.29) is 18.4 Å². The van der Waals surface area contributed by atoms with Gasteiger partial charge in [-0.25, -0.2) is 13.1 Å². The van der Waals surface area contributed by atoms with Crippen LogP contribution in [0.1, 0.15) is 29.5 Å². The Bertz CT molecular complexity index is 528. The second kappa shape index (κ2) is 6.54. The number of hydrogen-bond donors (Lipinski definition) is 2. The molecule has 1 aromatic rings. The van der Waals surface area contributed by atoms with E-state index in [1.54, 1.807) is 6.07 Å². The van der Waals surface area contributed by atoms with Crippen LogP contribution in [0.15, 0.2) is 11.0 Å². The van der Waals surface area contributed by atoms with Gasteiger partial charge in [-0.3, -0.25) is 0 Å². The molecule has 2 atom stereocenters. The minimum atomic E-state index is -3.36. The van der Waals surface area contributed by atoms with Gasteiger partial charge in [0.15, 0.2) is 0 Å². The molecule has 1 aliphatic heterocycles. The standard InChI is InChI=1S/C12H20N2O2S2.ClH/c1-8-6-11(4-5-13-8)14-18(15,16)12-7-9(2)17-10(12)3;/h7-8,11,13-14H,4-6H2,1-3H3;1H. The Morgan fingerprint density at radius 2 is 2.11 bits per heavy atom. The van der Waals surface area contributed by atoms with Crippen molar-refractivity contribution < 1.29 is 8.42 Å². The smallest absolute Gasteiger partial charge is 0.241 e. The van der Waals surface area contributed by atoms with Gasteiger partial charge in [0.2, 0.25) is 10.0 Å². The normalized spacial score (nSPS) is 23.9. The fourth-order valence-electron chi connectivity index (χ4n) is 2.40. The number of rotatable bonds is 3. The average molecular weight is 325 g/mol. The molecule has 1 aliphatic rings. The van der Waals surface area contributed by atoms with Crippen LogP contribution in [0.4, 0.5) is 0 Å². The van der Waals surface area contributed by atoms with Crippen LogP contribution in [-0.2, 0) is 10.0 Å². The van der Waals surface area contributed by atoms with Crippen LogP contribution in [0.3, 0.4) is 0 Å². The van der Waals surface area contributed by atoms with Crippen LogP contribution in [0.2, 0.25) is 0 Å². The van der Waals surface area contributed by atoms with Crippen molar-refractivity contribution in [3.8, 4) is 0 Å². The Morgan fingerprint density at radius 3 is 2.63 bits per heavy atom. The number of sulfonamides is 1. The van der Waals surface area contributed by atoms with E-state index in [0.29, 0.717) is 10.9 Å². The second-order valence-electron chi connectivity index (χ2n) is 4.98. The third-order valence-corrected chi connectivity index (χ3v) is 5.97. The van der Waals surface area contributed by atoms with Gasteiger partial charge in [0.25, 0.3) is 0 Å². The summed E-state index contributed by atoms with van der Waals surface area (Å²) < 4.78 is 27.5. The molecule has 0 amide bonds. The van der Waals surface area contributed by atoms with Crippen molar-refractivity contribution in [1.82, 2.24) is 10.0 Å². The molecule has 1 saturated heterocycles. The minimum absolute atomic E-state index is 0. The van der Waals surface area contributed by atoms with Crippen molar-refractivity contribution in [2.24, 2.45) is 0 Å². The predicted molar refractivity (Wildman–Crippen MR) is 81.8 cm³/mol. The summed E-state index contributed by atoms with van der Waals surface area (Å²) in [6.07, 6.45) is 1.70. The zero-order chi connectivity index (χ0) is 13.3. The topological polar surface area (TPSA) is 58.2 Å². The monoisotopic (exact) mass is 324 g/mol. The zero-order valence-electron chi connectivity index (χ0n) is 11.4. The van der Waals surface area contributed by atoms with E-state index in [0.717, 1.165) is 29.1 Å². The van der Waals surface area contributed by atoms with Crippen LogP contribution in [0.25, 0.3) is 0 Å². The molecule has 2 N–H and O–H groups in total. The number of halogens is 1. The second-order valence-corrected chi connectivity index (χ2v) is 8.12. The van der Waals surface area contributed by atoms with Gasteiger partial charge in [0, 0.05) is 21.8 Å². The minimum Gasteiger partial charge on any atom is -0.314 e. The van der Waals surface area contributed by atoms with E-state index in [1.807, 2.05) is 13.8 Å². The van der Waals surface area contributed by atoms with Gasteiger partial charge < -0.3 is 5.32 Å². The largest absolute Gasteiger partial charge is 0.314 e. The van der Waals surface area contributed by atoms with E-state index in [2.05, 4.69) is 17.0 Å². The number of piperidine rings is 1. The predicted octanol–water partition coefficient (Wildman–Crippen LogP) is 2.21. The van der Waals surface area contributed by atoms with Gasteiger partial charge in [0.1, 0.15) is 0 Å². The van der Waals surface area contributed by atoms with Gasteiger partial charge >= 0.3 is 0 Å². The van der Waals surface area contributed by atoms with Crippen molar-refractivity contribution in [1.29, 1.82) is 0 Å². The maximum absolute atomic E-state index is 12.3. The third-order valence-electron chi connectivity index (χ3n) is 3.23. The van der Waals surface area contributed by atoms with Crippen molar-refractivity contribution in [3.63, 3.8) is 0 Å². The lowest BCUT2D eigenvalue weighted by Crippen LogP contribution is -2.46. The first-order valence-corrected chi connectivity index (χ1v) is 8.51. The number of thiophene rings is 1. The molecule has 7 heteroatoms. The van der Waals surface area contributed by atoms with Crippen LogP contribution >= 0.6 is 23.7 Å². The van der Waals surface area contributed by atoms with E-state index in [4.69, 9.17) is 0 Å². The highest BCUT2D eigenvalue weighted by Gasteiger charge is 2.26. The van der Waals surface area contributed by atoms with Gasteiger partial charge in [-0.1, -0.05) is 0 Å². The van der Waals surface area contributed by atoms with Gasteiger partial charge in [0.05, 0.1) is 4.90 Å². The van der Waals surface area contributed by atoms with Crippen LogP contribution < -0.4 is 10.0 Å². The summed E-state index contributed by atoms with van der Waals surface area (Å²) in [5, 5.41) is 3.32. The fourth-order valence-corrected chi connectivity index (χ4v) is 5.23. The fraction of sp³-hybridized carbons (Fsp3) is 0.667. The Morgan fingerprint density at radius 1 is 1.42 bits per heavy atom. The Kier molecular flexibility index (Phi) is 5.82. The molecule has 19 heavy (non-hydrogen) atoms. The number of nitrogens with one attached hydrogen (secondary N) is 2. The summed E-state index contributed by atoms with van der Waals surface area (Å²) in [7, 11) is -3.36. The molecular weight excluding hydrogens is 304 g/mol. The molecule has 1 aromatic heterocycles. The van der Waals surface area contributed by atoms with Crippen LogP contribution in [0.5, 0.6) is 0 Å². The van der Waals surface area contributed by atoms with Crippen molar-refractivity contribution in [2.75, 3.05) is 6.54 Å². The summed E-state index contributed by atoms with van der Waals surface area (Å²) in [6, 6.07) is 2.18. The molecular formula is C12H21ClN2O2S2. The Balaban J connectivity index is 0.00000180. The molecule has 2 unspecified atom stereocenters. The molecule has 0 aromatic carbocycles. The van der Waals surface area contributed by atoms with E-state index >= 15 is 0 Å². The van der Waals surface area contributed by atoms with Crippen molar-refractivity contribution >= 4 is 33.8 Å². The highest BCUT2D eigenvalue weighted by Crippen LogP contribution is 2.25. The molecule has 0 bridgehead atoms. The maximum Gasteiger partial charge on any atom is 0.241 e. The molecule has 2 heterocycles. The molecule has 0 radical (unpaired) electrons. The lowest BCUT2D eigenvalue weighted by atomic mass is 10.0. The summed E-state index contributed by atoms with van der Waals surface area (Å²) in [4.78, 5) is 2.34. The van der Waals surface area contributed by atoms with Crippen LogP contribution in [-0.4, -0.2) is 27.0 Å². The molecule has 0 spiro atoms. The summed E-state index contributed by atoms with van der Waals surface area (Å²) >= 11 is 1.53. The van der Waals surface area contributed by atoms with Gasteiger partial charge in [-0.2, -0.15) is 0 Å². The van der Waals surface area contributed by atoms with E-state index in [9.17, 15) is 8.42 Å². The molecule has 110 valence electrons. The number of aryl methyl sites for hydroxylation is 2. The van der Waals surface area contributed by atoms with Crippen molar-refractivity contribution in [2.45, 2.75) is 50.6 Å². The quantitative estimate of drug-likeness (QED) is 0.896. The van der Waals surface area contributed by atoms with E-state index < -0.39 is 10.0 Å². The molecule has 0 saturated carbocycles. The van der Waals surface area contributed by atoms with Crippen LogP contribution in [0, 0.1) is 13.8 Å². The highest BCUT2D eigenvalue weighted by molar-refractivity contribution is 7.89. The third kappa shape index (κ3) is 4.16. The van der Waals surface area contributed by atoms with Gasteiger partial charge in [-0.05, 0) is 46.2 Å². The molecule has 2 rings (SSSR count). The highest BCUT2D eigenvalue weighted by atomic mass is 35.5. The maximum atomic E-state index is 12.3. The zero-order valence-corrected chi connectivity index (χ0v) is 13.8. The SMILES string of the molecule is Cc1cc(S(=O)(=O)NC2CCNC(C)C2)c(C)s1.Cl. The van der Waals surface area contributed by atoms with E-state index in [1.165, 1.54) is 11.3 Å². The summed E-state index contributed by atoms with van der Waals surface area (Å²) in [6.45, 7) is 6.75. The first kappa shape index (κ1) is 16.9. The van der Waals surface area contributed by atoms with Crippen molar-refractivity contribution in [3.05, 3.63) is 15.8 Å². The Hall–Kier alpha value is -0.140. The number of hydrogen-bond acceptors (Lipinski definition) is 4. The lowest BCUT2D eigenvalue weighted by molar-refractivity contribution is 0.361. The molecule has 1 fully saturated rings. The summed E-state index contributed by atoms with van der Waals surface area (Å²) in [5.41, 5.74) is 0. The average Bonchev–Trinajstić information content (AvgIpc) is 2.58. The first-order chi connectivity index (χ1) is 8.38. The van der Waals surface area contributed by atoms with Gasteiger partial charge in [-0.15, -0.1) is 23.7 Å². The lowest BCUT2D eigenvalue weighted by Gasteiger charge is -2.28.